The predicted molar refractivity (Wildman–Crippen MR) is 69.0 cm³/mol. The molecule has 4 N–H and O–H groups in total. The van der Waals surface area contributed by atoms with Crippen molar-refractivity contribution < 1.29 is 4.79 Å². The Balaban J connectivity index is 1.91. The van der Waals surface area contributed by atoms with Crippen molar-refractivity contribution in [3.05, 3.63) is 29.8 Å². The Morgan fingerprint density at radius 1 is 1.35 bits per heavy atom. The molecule has 0 bridgehead atoms. The number of carbonyl (C=O) groups excluding carboxylic acids is 1. The summed E-state index contributed by atoms with van der Waals surface area (Å²) in [5.41, 5.74) is 7.50. The van der Waals surface area contributed by atoms with E-state index in [1.54, 1.807) is 0 Å². The highest BCUT2D eigenvalue weighted by Crippen LogP contribution is 2.30. The molecule has 2 rings (SSSR count). The molecule has 0 heterocycles. The zero-order chi connectivity index (χ0) is 12.3. The molecular formula is C13H19N3O. The summed E-state index contributed by atoms with van der Waals surface area (Å²) in [5.74, 6) is 0. The molecular weight excluding hydrogens is 214 g/mol. The number of amides is 2. The van der Waals surface area contributed by atoms with Crippen LogP contribution in [0.1, 0.15) is 24.8 Å². The summed E-state index contributed by atoms with van der Waals surface area (Å²) in [6.07, 6.45) is 3.09. The van der Waals surface area contributed by atoms with Gasteiger partial charge < -0.3 is 16.4 Å². The van der Waals surface area contributed by atoms with Crippen LogP contribution in [0.3, 0.4) is 0 Å². The first-order valence-corrected chi connectivity index (χ1v) is 5.99. The van der Waals surface area contributed by atoms with E-state index in [-0.39, 0.29) is 11.6 Å². The van der Waals surface area contributed by atoms with Crippen LogP contribution in [0.5, 0.6) is 0 Å². The number of hydrogen-bond acceptors (Lipinski definition) is 2. The fourth-order valence-electron chi connectivity index (χ4n) is 2.02. The van der Waals surface area contributed by atoms with Crippen molar-refractivity contribution in [3.63, 3.8) is 0 Å². The smallest absolute Gasteiger partial charge is 0.319 e. The van der Waals surface area contributed by atoms with Crippen LogP contribution in [0.4, 0.5) is 10.5 Å². The lowest BCUT2D eigenvalue weighted by Crippen LogP contribution is -2.59. The third kappa shape index (κ3) is 2.77. The van der Waals surface area contributed by atoms with Crippen LogP contribution in [0.2, 0.25) is 0 Å². The number of benzene rings is 1. The van der Waals surface area contributed by atoms with Crippen molar-refractivity contribution in [1.29, 1.82) is 0 Å². The molecule has 1 aromatic carbocycles. The van der Waals surface area contributed by atoms with E-state index in [0.717, 1.165) is 24.9 Å². The second-order valence-electron chi connectivity index (χ2n) is 4.78. The molecule has 4 nitrogen and oxygen atoms in total. The molecule has 0 atom stereocenters. The Hall–Kier alpha value is -1.55. The molecule has 1 aromatic rings. The average molecular weight is 233 g/mol. The quantitative estimate of drug-likeness (QED) is 0.747. The number of hydrogen-bond donors (Lipinski definition) is 3. The summed E-state index contributed by atoms with van der Waals surface area (Å²) < 4.78 is 0. The summed E-state index contributed by atoms with van der Waals surface area (Å²) in [6.45, 7) is 2.52. The fraction of sp³-hybridized carbons (Fsp3) is 0.462. The summed E-state index contributed by atoms with van der Waals surface area (Å²) in [7, 11) is 0. The molecule has 0 radical (unpaired) electrons. The monoisotopic (exact) mass is 233 g/mol. The minimum Gasteiger partial charge on any atom is -0.331 e. The maximum Gasteiger partial charge on any atom is 0.319 e. The zero-order valence-electron chi connectivity index (χ0n) is 10.1. The molecule has 1 saturated carbocycles. The van der Waals surface area contributed by atoms with E-state index < -0.39 is 0 Å². The number of anilines is 1. The van der Waals surface area contributed by atoms with Gasteiger partial charge in [-0.25, -0.2) is 4.79 Å². The Labute approximate surface area is 102 Å². The van der Waals surface area contributed by atoms with Gasteiger partial charge >= 0.3 is 6.03 Å². The maximum absolute atomic E-state index is 11.8. The number of rotatable bonds is 3. The third-order valence-electron chi connectivity index (χ3n) is 3.39. The molecule has 0 unspecified atom stereocenters. The van der Waals surface area contributed by atoms with E-state index in [9.17, 15) is 4.79 Å². The highest BCUT2D eigenvalue weighted by atomic mass is 16.2. The topological polar surface area (TPSA) is 67.2 Å². The van der Waals surface area contributed by atoms with E-state index in [4.69, 9.17) is 5.73 Å². The van der Waals surface area contributed by atoms with E-state index in [0.29, 0.717) is 6.54 Å². The van der Waals surface area contributed by atoms with Gasteiger partial charge in [-0.15, -0.1) is 0 Å². The molecule has 0 aliphatic heterocycles. The van der Waals surface area contributed by atoms with Crippen molar-refractivity contribution in [2.24, 2.45) is 5.73 Å². The van der Waals surface area contributed by atoms with E-state index >= 15 is 0 Å². The largest absolute Gasteiger partial charge is 0.331 e. The van der Waals surface area contributed by atoms with Crippen LogP contribution in [0.15, 0.2) is 24.3 Å². The van der Waals surface area contributed by atoms with Gasteiger partial charge in [-0.3, -0.25) is 0 Å². The lowest BCUT2D eigenvalue weighted by Gasteiger charge is -2.41. The maximum atomic E-state index is 11.8. The van der Waals surface area contributed by atoms with Crippen LogP contribution in [-0.4, -0.2) is 18.1 Å². The number of carbonyl (C=O) groups is 1. The molecule has 1 aliphatic rings. The summed E-state index contributed by atoms with van der Waals surface area (Å²) in [6, 6.07) is 7.56. The number of aryl methyl sites for hydroxylation is 1. The molecule has 1 aliphatic carbocycles. The standard InChI is InChI=1S/C13H19N3O/c1-10-3-5-11(6-4-10)15-12(17)16-13(9-14)7-2-8-13/h3-6H,2,7-9,14H2,1H3,(H2,15,16,17). The average Bonchev–Trinajstić information content (AvgIpc) is 2.27. The minimum atomic E-state index is -0.172. The summed E-state index contributed by atoms with van der Waals surface area (Å²) >= 11 is 0. The Bertz CT molecular complexity index is 390. The first-order valence-electron chi connectivity index (χ1n) is 5.99. The minimum absolute atomic E-state index is 0.168. The lowest BCUT2D eigenvalue weighted by atomic mass is 9.77. The molecule has 17 heavy (non-hydrogen) atoms. The lowest BCUT2D eigenvalue weighted by molar-refractivity contribution is 0.190. The van der Waals surface area contributed by atoms with E-state index in [1.165, 1.54) is 5.56 Å². The zero-order valence-corrected chi connectivity index (χ0v) is 10.1. The third-order valence-corrected chi connectivity index (χ3v) is 3.39. The molecule has 92 valence electrons. The van der Waals surface area contributed by atoms with Crippen molar-refractivity contribution in [2.45, 2.75) is 31.7 Å². The Morgan fingerprint density at radius 3 is 2.47 bits per heavy atom. The predicted octanol–water partition coefficient (Wildman–Crippen LogP) is 2.00. The van der Waals surface area contributed by atoms with Crippen molar-refractivity contribution in [2.75, 3.05) is 11.9 Å². The van der Waals surface area contributed by atoms with Crippen molar-refractivity contribution >= 4 is 11.7 Å². The molecule has 0 aromatic heterocycles. The SMILES string of the molecule is Cc1ccc(NC(=O)NC2(CN)CCC2)cc1. The van der Waals surface area contributed by atoms with Gasteiger partial charge in [0, 0.05) is 12.2 Å². The van der Waals surface area contributed by atoms with Gasteiger partial charge in [0.2, 0.25) is 0 Å². The second-order valence-corrected chi connectivity index (χ2v) is 4.78. The molecule has 1 fully saturated rings. The first kappa shape index (κ1) is 11.9. The summed E-state index contributed by atoms with van der Waals surface area (Å²) in [4.78, 5) is 11.8. The van der Waals surface area contributed by atoms with Gasteiger partial charge in [0.25, 0.3) is 0 Å². The number of urea groups is 1. The first-order chi connectivity index (χ1) is 8.13. The second kappa shape index (κ2) is 4.75. The van der Waals surface area contributed by atoms with Crippen LogP contribution in [0, 0.1) is 6.92 Å². The van der Waals surface area contributed by atoms with Gasteiger partial charge in [-0.2, -0.15) is 0 Å². The highest BCUT2D eigenvalue weighted by molar-refractivity contribution is 5.89. The molecule has 2 amide bonds. The van der Waals surface area contributed by atoms with Crippen LogP contribution in [0.25, 0.3) is 0 Å². The van der Waals surface area contributed by atoms with E-state index in [1.807, 2.05) is 31.2 Å². The Morgan fingerprint density at radius 2 is 2.00 bits per heavy atom. The van der Waals surface area contributed by atoms with E-state index in [2.05, 4.69) is 10.6 Å². The van der Waals surface area contributed by atoms with Gasteiger partial charge in [-0.1, -0.05) is 17.7 Å². The van der Waals surface area contributed by atoms with Crippen LogP contribution in [-0.2, 0) is 0 Å². The van der Waals surface area contributed by atoms with Crippen molar-refractivity contribution in [3.8, 4) is 0 Å². The van der Waals surface area contributed by atoms with Gasteiger partial charge in [-0.05, 0) is 38.3 Å². The Kier molecular flexibility index (Phi) is 3.33. The van der Waals surface area contributed by atoms with Gasteiger partial charge in [0.05, 0.1) is 5.54 Å². The number of nitrogens with one attached hydrogen (secondary N) is 2. The van der Waals surface area contributed by atoms with Gasteiger partial charge in [0.1, 0.15) is 0 Å². The molecule has 4 heteroatoms. The molecule has 0 spiro atoms. The van der Waals surface area contributed by atoms with Crippen molar-refractivity contribution in [1.82, 2.24) is 5.32 Å². The van der Waals surface area contributed by atoms with Crippen LogP contribution < -0.4 is 16.4 Å². The molecule has 0 saturated heterocycles. The fourth-order valence-corrected chi connectivity index (χ4v) is 2.02. The highest BCUT2D eigenvalue weighted by Gasteiger charge is 2.36. The normalized spacial score (nSPS) is 17.1. The summed E-state index contributed by atoms with van der Waals surface area (Å²) in [5, 5.41) is 5.79. The number of nitrogens with two attached hydrogens (primary N) is 1. The van der Waals surface area contributed by atoms with Gasteiger partial charge in [0.15, 0.2) is 0 Å². The van der Waals surface area contributed by atoms with Crippen LogP contribution >= 0.6 is 0 Å².